The molecule has 1 N–H and O–H groups in total. The Balaban J connectivity index is 2.10. The zero-order valence-corrected chi connectivity index (χ0v) is 13.4. The van der Waals surface area contributed by atoms with Gasteiger partial charge in [-0.1, -0.05) is 30.7 Å². The molecule has 1 heterocycles. The molecule has 2 aromatic rings. The maximum Gasteiger partial charge on any atom is 0.119 e. The third-order valence-corrected chi connectivity index (χ3v) is 4.37. The van der Waals surface area contributed by atoms with Gasteiger partial charge in [-0.25, -0.2) is 0 Å². The lowest BCUT2D eigenvalue weighted by molar-refractivity contribution is 0.317. The van der Waals surface area contributed by atoms with Gasteiger partial charge in [0.25, 0.3) is 0 Å². The third kappa shape index (κ3) is 4.23. The van der Waals surface area contributed by atoms with E-state index in [-0.39, 0.29) is 6.04 Å². The number of ether oxygens (including phenoxy) is 1. The molecule has 0 spiro atoms. The zero-order chi connectivity index (χ0) is 14.4. The van der Waals surface area contributed by atoms with Crippen LogP contribution in [0.25, 0.3) is 0 Å². The van der Waals surface area contributed by atoms with Gasteiger partial charge in [0.2, 0.25) is 0 Å². The molecular weight excluding hydrogens is 290 g/mol. The van der Waals surface area contributed by atoms with Crippen LogP contribution in [0, 0.1) is 0 Å². The normalized spacial score (nSPS) is 12.3. The number of benzene rings is 1. The number of hydrogen-bond acceptors (Lipinski definition) is 3. The minimum Gasteiger partial charge on any atom is -0.494 e. The highest BCUT2D eigenvalue weighted by Gasteiger charge is 2.12. The fourth-order valence-corrected chi connectivity index (χ4v) is 3.22. The van der Waals surface area contributed by atoms with E-state index >= 15 is 0 Å². The van der Waals surface area contributed by atoms with E-state index in [1.807, 2.05) is 25.2 Å². The van der Waals surface area contributed by atoms with Crippen LogP contribution in [0.5, 0.6) is 5.75 Å². The van der Waals surface area contributed by atoms with Crippen LogP contribution in [0.4, 0.5) is 0 Å². The number of hydrogen-bond donors (Lipinski definition) is 1. The molecule has 0 saturated heterocycles. The van der Waals surface area contributed by atoms with Crippen LogP contribution in [-0.4, -0.2) is 13.7 Å². The lowest BCUT2D eigenvalue weighted by atomic mass is 10.0. The second-order valence-corrected chi connectivity index (χ2v) is 6.47. The Morgan fingerprint density at radius 2 is 2.15 bits per heavy atom. The molecule has 4 heteroatoms. The lowest BCUT2D eigenvalue weighted by Crippen LogP contribution is -2.18. The molecule has 0 bridgehead atoms. The van der Waals surface area contributed by atoms with Crippen LogP contribution in [0.15, 0.2) is 36.4 Å². The highest BCUT2D eigenvalue weighted by Crippen LogP contribution is 2.27. The van der Waals surface area contributed by atoms with Gasteiger partial charge in [0.05, 0.1) is 10.9 Å². The van der Waals surface area contributed by atoms with E-state index in [9.17, 15) is 0 Å². The van der Waals surface area contributed by atoms with Crippen molar-refractivity contribution >= 4 is 22.9 Å². The molecule has 20 heavy (non-hydrogen) atoms. The third-order valence-electron chi connectivity index (χ3n) is 3.12. The average Bonchev–Trinajstić information content (AvgIpc) is 2.88. The summed E-state index contributed by atoms with van der Waals surface area (Å²) in [6.45, 7) is 2.87. The first kappa shape index (κ1) is 15.4. The van der Waals surface area contributed by atoms with Gasteiger partial charge in [0.15, 0.2) is 0 Å². The summed E-state index contributed by atoms with van der Waals surface area (Å²) >= 11 is 7.63. The fraction of sp³-hybridized carbons (Fsp3) is 0.375. The first-order valence-corrected chi connectivity index (χ1v) is 8.06. The summed E-state index contributed by atoms with van der Waals surface area (Å²) in [6, 6.07) is 12.6. The SMILES string of the molecule is CCCOc1cccc(C(Cc2ccc(Cl)s2)NC)c1. The molecule has 0 fully saturated rings. The van der Waals surface area contributed by atoms with Gasteiger partial charge in [-0.15, -0.1) is 11.3 Å². The molecule has 1 aromatic carbocycles. The van der Waals surface area contributed by atoms with Crippen LogP contribution in [-0.2, 0) is 6.42 Å². The van der Waals surface area contributed by atoms with Gasteiger partial charge in [-0.05, 0) is 43.3 Å². The second kappa shape index (κ2) is 7.67. The van der Waals surface area contributed by atoms with Gasteiger partial charge < -0.3 is 10.1 Å². The second-order valence-electron chi connectivity index (χ2n) is 4.67. The molecule has 2 rings (SSSR count). The van der Waals surface area contributed by atoms with Crippen molar-refractivity contribution in [1.82, 2.24) is 5.32 Å². The van der Waals surface area contributed by atoms with Crippen molar-refractivity contribution in [1.29, 1.82) is 0 Å². The zero-order valence-electron chi connectivity index (χ0n) is 11.9. The summed E-state index contributed by atoms with van der Waals surface area (Å²) in [5.41, 5.74) is 1.24. The van der Waals surface area contributed by atoms with Crippen LogP contribution >= 0.6 is 22.9 Å². The summed E-state index contributed by atoms with van der Waals surface area (Å²) in [5.74, 6) is 0.939. The van der Waals surface area contributed by atoms with Crippen LogP contribution in [0.3, 0.4) is 0 Å². The largest absolute Gasteiger partial charge is 0.494 e. The van der Waals surface area contributed by atoms with Crippen molar-refractivity contribution in [3.63, 3.8) is 0 Å². The van der Waals surface area contributed by atoms with Gasteiger partial charge in [-0.3, -0.25) is 0 Å². The Kier molecular flexibility index (Phi) is 5.89. The monoisotopic (exact) mass is 309 g/mol. The summed E-state index contributed by atoms with van der Waals surface area (Å²) < 4.78 is 6.54. The molecule has 1 unspecified atom stereocenters. The molecule has 0 aliphatic carbocycles. The molecule has 108 valence electrons. The van der Waals surface area contributed by atoms with Crippen LogP contribution in [0.1, 0.15) is 29.8 Å². The Bertz CT molecular complexity index is 541. The Morgan fingerprint density at radius 3 is 2.80 bits per heavy atom. The van der Waals surface area contributed by atoms with E-state index in [1.54, 1.807) is 11.3 Å². The first-order chi connectivity index (χ1) is 9.72. The van der Waals surface area contributed by atoms with Gasteiger partial charge >= 0.3 is 0 Å². The van der Waals surface area contributed by atoms with Crippen molar-refractivity contribution in [2.24, 2.45) is 0 Å². The van der Waals surface area contributed by atoms with Crippen molar-refractivity contribution < 1.29 is 4.74 Å². The predicted molar refractivity (Wildman–Crippen MR) is 87.1 cm³/mol. The van der Waals surface area contributed by atoms with E-state index in [1.165, 1.54) is 10.4 Å². The molecule has 0 aliphatic heterocycles. The van der Waals surface area contributed by atoms with E-state index < -0.39 is 0 Å². The van der Waals surface area contributed by atoms with Gasteiger partial charge in [0, 0.05) is 17.3 Å². The van der Waals surface area contributed by atoms with E-state index in [2.05, 4.69) is 30.4 Å². The highest BCUT2D eigenvalue weighted by molar-refractivity contribution is 7.16. The van der Waals surface area contributed by atoms with Crippen LogP contribution in [0.2, 0.25) is 4.34 Å². The standard InChI is InChI=1S/C16H20ClNOS/c1-3-9-19-13-6-4-5-12(10-13)15(18-2)11-14-7-8-16(17)20-14/h4-8,10,15,18H,3,9,11H2,1-2H3. The molecule has 1 aromatic heterocycles. The van der Waals surface area contributed by atoms with Gasteiger partial charge in [-0.2, -0.15) is 0 Å². The lowest BCUT2D eigenvalue weighted by Gasteiger charge is -2.17. The van der Waals surface area contributed by atoms with Crippen molar-refractivity contribution in [3.8, 4) is 5.75 Å². The maximum atomic E-state index is 5.99. The summed E-state index contributed by atoms with van der Waals surface area (Å²) in [4.78, 5) is 1.29. The first-order valence-electron chi connectivity index (χ1n) is 6.87. The number of nitrogens with one attached hydrogen (secondary N) is 1. The molecule has 0 amide bonds. The summed E-state index contributed by atoms with van der Waals surface area (Å²) in [6.07, 6.45) is 1.96. The van der Waals surface area contributed by atoms with E-state index in [4.69, 9.17) is 16.3 Å². The van der Waals surface area contributed by atoms with E-state index in [0.29, 0.717) is 0 Å². The predicted octanol–water partition coefficient (Wildman–Crippen LogP) is 4.69. The molecule has 2 nitrogen and oxygen atoms in total. The number of rotatable bonds is 7. The minimum absolute atomic E-state index is 0.273. The number of thiophene rings is 1. The highest BCUT2D eigenvalue weighted by atomic mass is 35.5. The Hall–Kier alpha value is -1.03. The number of halogens is 1. The van der Waals surface area contributed by atoms with Gasteiger partial charge in [0.1, 0.15) is 5.75 Å². The molecular formula is C16H20ClNOS. The molecule has 0 saturated carbocycles. The summed E-state index contributed by atoms with van der Waals surface area (Å²) in [7, 11) is 1.99. The fourth-order valence-electron chi connectivity index (χ4n) is 2.09. The molecule has 1 atom stereocenters. The summed E-state index contributed by atoms with van der Waals surface area (Å²) in [5, 5.41) is 3.37. The molecule has 0 aliphatic rings. The average molecular weight is 310 g/mol. The smallest absolute Gasteiger partial charge is 0.119 e. The van der Waals surface area contributed by atoms with Crippen molar-refractivity contribution in [3.05, 3.63) is 51.2 Å². The van der Waals surface area contributed by atoms with Crippen molar-refractivity contribution in [2.45, 2.75) is 25.8 Å². The van der Waals surface area contributed by atoms with Crippen LogP contribution < -0.4 is 10.1 Å². The number of likely N-dealkylation sites (N-methyl/N-ethyl adjacent to an activating group) is 1. The van der Waals surface area contributed by atoms with E-state index in [0.717, 1.165) is 29.5 Å². The minimum atomic E-state index is 0.273. The molecule has 0 radical (unpaired) electrons. The maximum absolute atomic E-state index is 5.99. The topological polar surface area (TPSA) is 21.3 Å². The quantitative estimate of drug-likeness (QED) is 0.801. The Morgan fingerprint density at radius 1 is 1.30 bits per heavy atom. The Labute approximate surface area is 129 Å². The van der Waals surface area contributed by atoms with Crippen molar-refractivity contribution in [2.75, 3.05) is 13.7 Å².